The van der Waals surface area contributed by atoms with Crippen LogP contribution in [0.15, 0.2) is 122 Å². The number of fused-ring (bicyclic) bond motifs is 2. The van der Waals surface area contributed by atoms with E-state index in [1.54, 1.807) is 0 Å². The first-order valence-electron chi connectivity index (χ1n) is 16.2. The van der Waals surface area contributed by atoms with Gasteiger partial charge in [0, 0.05) is 28.8 Å². The van der Waals surface area contributed by atoms with Crippen molar-refractivity contribution in [2.45, 2.75) is 78.1 Å². The van der Waals surface area contributed by atoms with E-state index in [2.05, 4.69) is 163 Å². The van der Waals surface area contributed by atoms with Crippen LogP contribution in [-0.4, -0.2) is 6.54 Å². The van der Waals surface area contributed by atoms with Gasteiger partial charge >= 0.3 is 0 Å². The maximum absolute atomic E-state index is 4.48. The smallest absolute Gasteiger partial charge is 0.0457 e. The molecule has 0 N–H and O–H groups in total. The van der Waals surface area contributed by atoms with Crippen molar-refractivity contribution in [3.63, 3.8) is 0 Å². The van der Waals surface area contributed by atoms with Crippen molar-refractivity contribution >= 4 is 29.1 Å². The third kappa shape index (κ3) is 6.68. The lowest BCUT2D eigenvalue weighted by Gasteiger charge is -2.29. The number of hydrogen-bond donors (Lipinski definition) is 0. The minimum Gasteiger partial charge on any atom is -0.344 e. The highest BCUT2D eigenvalue weighted by molar-refractivity contribution is 5.88. The molecule has 0 spiro atoms. The molecule has 0 amide bonds. The van der Waals surface area contributed by atoms with Crippen LogP contribution < -0.4 is 15.3 Å². The van der Waals surface area contributed by atoms with Gasteiger partial charge in [-0.2, -0.15) is 0 Å². The monoisotopic (exact) mass is 581 g/mol. The van der Waals surface area contributed by atoms with Gasteiger partial charge in [-0.3, -0.25) is 0 Å². The number of unbranched alkanes of at least 4 members (excludes halogenated alkanes) is 3. The minimum atomic E-state index is -0.186. The topological polar surface area (TPSA) is 3.24 Å². The molecule has 0 saturated heterocycles. The predicted molar refractivity (Wildman–Crippen MR) is 197 cm³/mol. The highest BCUT2D eigenvalue weighted by Gasteiger charge is 2.40. The van der Waals surface area contributed by atoms with E-state index in [-0.39, 0.29) is 10.8 Å². The van der Waals surface area contributed by atoms with E-state index < -0.39 is 0 Å². The number of benzene rings is 3. The summed E-state index contributed by atoms with van der Waals surface area (Å²) < 4.78 is 0. The fourth-order valence-corrected chi connectivity index (χ4v) is 6.76. The fraction of sp³-hybridized carbons (Fsp3) is 0.302. The third-order valence-corrected chi connectivity index (χ3v) is 9.24. The van der Waals surface area contributed by atoms with E-state index in [1.807, 2.05) is 6.08 Å². The largest absolute Gasteiger partial charge is 0.344 e. The maximum Gasteiger partial charge on any atom is 0.0457 e. The lowest BCUT2D eigenvalue weighted by molar-refractivity contribution is 0.609. The molecular weight excluding hydrogens is 530 g/mol. The molecule has 1 aliphatic rings. The first kappa shape index (κ1) is 32.8. The molecule has 3 aromatic rings. The Labute approximate surface area is 266 Å². The first-order chi connectivity index (χ1) is 21.1. The normalized spacial score (nSPS) is 16.3. The van der Waals surface area contributed by atoms with Crippen molar-refractivity contribution in [3.8, 4) is 0 Å². The van der Waals surface area contributed by atoms with Crippen LogP contribution in [-0.2, 0) is 10.8 Å². The van der Waals surface area contributed by atoms with E-state index >= 15 is 0 Å². The Balaban J connectivity index is 1.55. The SMILES string of the molecule is C=C/C=c1/c2c(ccc1=C)N(CCCCCC)\C(=C/C=C/C=C/C=C/C(=C)C(C)(C)c1c(C)ccc3ccccc13)C2(C)C. The van der Waals surface area contributed by atoms with E-state index in [9.17, 15) is 0 Å². The molecule has 0 saturated carbocycles. The fourth-order valence-electron chi connectivity index (χ4n) is 6.76. The van der Waals surface area contributed by atoms with Crippen LogP contribution in [0.2, 0.25) is 0 Å². The zero-order valence-electron chi connectivity index (χ0n) is 27.9. The van der Waals surface area contributed by atoms with Gasteiger partial charge in [0.1, 0.15) is 0 Å². The zero-order valence-corrected chi connectivity index (χ0v) is 27.9. The van der Waals surface area contributed by atoms with E-state index in [1.165, 1.54) is 69.7 Å². The van der Waals surface area contributed by atoms with Gasteiger partial charge in [-0.15, -0.1) is 0 Å². The lowest BCUT2D eigenvalue weighted by atomic mass is 9.74. The highest BCUT2D eigenvalue weighted by atomic mass is 15.2. The Morgan fingerprint density at radius 1 is 0.886 bits per heavy atom. The number of allylic oxidation sites excluding steroid dienone is 10. The summed E-state index contributed by atoms with van der Waals surface area (Å²) in [5, 5.41) is 4.82. The molecule has 0 fully saturated rings. The molecule has 0 unspecified atom stereocenters. The van der Waals surface area contributed by atoms with Crippen LogP contribution in [0.4, 0.5) is 5.69 Å². The highest BCUT2D eigenvalue weighted by Crippen LogP contribution is 2.46. The summed E-state index contributed by atoms with van der Waals surface area (Å²) in [4.78, 5) is 2.53. The van der Waals surface area contributed by atoms with Crippen molar-refractivity contribution in [3.05, 3.63) is 149 Å². The van der Waals surface area contributed by atoms with E-state index in [0.717, 1.165) is 17.3 Å². The van der Waals surface area contributed by atoms with Crippen molar-refractivity contribution in [1.82, 2.24) is 0 Å². The van der Waals surface area contributed by atoms with Crippen molar-refractivity contribution < 1.29 is 0 Å². The Morgan fingerprint density at radius 2 is 1.61 bits per heavy atom. The molecule has 1 heterocycles. The summed E-state index contributed by atoms with van der Waals surface area (Å²) in [7, 11) is 0. The van der Waals surface area contributed by atoms with Gasteiger partial charge in [-0.25, -0.2) is 0 Å². The molecular formula is C43H51N. The third-order valence-electron chi connectivity index (χ3n) is 9.24. The Hall–Kier alpha value is -4.10. The van der Waals surface area contributed by atoms with E-state index in [0.29, 0.717) is 0 Å². The number of hydrogen-bond acceptors (Lipinski definition) is 1. The van der Waals surface area contributed by atoms with Crippen molar-refractivity contribution in [2.75, 3.05) is 11.4 Å². The standard InChI is InChI=1S/C43H51N/c1-10-12-13-21-31-44-38-30-28-32(3)36(22-11-2)41(38)43(8,9)39(44)26-18-16-14-15-17-23-34(5)42(6,7)40-33(4)27-29-35-24-19-20-25-37(35)40/h11,14-20,22-30H,2-3,5,10,12-13,21,31H2,1,4,6-9H3/b15-14+,18-16+,23-17+,36-22+,39-26-. The summed E-state index contributed by atoms with van der Waals surface area (Å²) >= 11 is 0. The second-order valence-electron chi connectivity index (χ2n) is 13.1. The molecule has 44 heavy (non-hydrogen) atoms. The molecule has 0 atom stereocenters. The summed E-state index contributed by atoms with van der Waals surface area (Å²) in [5.41, 5.74) is 7.39. The van der Waals surface area contributed by atoms with Gasteiger partial charge < -0.3 is 4.90 Å². The van der Waals surface area contributed by atoms with Gasteiger partial charge in [0.2, 0.25) is 0 Å². The molecule has 0 bridgehead atoms. The average molecular weight is 582 g/mol. The van der Waals surface area contributed by atoms with Gasteiger partial charge in [-0.05, 0) is 69.0 Å². The number of rotatable bonds is 12. The van der Waals surface area contributed by atoms with Gasteiger partial charge in [-0.1, -0.05) is 165 Å². The van der Waals surface area contributed by atoms with Crippen molar-refractivity contribution in [2.24, 2.45) is 0 Å². The second kappa shape index (κ2) is 14.1. The quantitative estimate of drug-likeness (QED) is 0.152. The molecule has 228 valence electrons. The number of aryl methyl sites for hydroxylation is 1. The summed E-state index contributed by atoms with van der Waals surface area (Å²) in [6.45, 7) is 27.5. The van der Waals surface area contributed by atoms with Crippen LogP contribution in [0, 0.1) is 6.92 Å². The molecule has 1 heteroatoms. The lowest BCUT2D eigenvalue weighted by Crippen LogP contribution is -2.33. The molecule has 1 nitrogen and oxygen atoms in total. The van der Waals surface area contributed by atoms with Crippen LogP contribution in [0.1, 0.15) is 77.0 Å². The molecule has 0 aliphatic carbocycles. The summed E-state index contributed by atoms with van der Waals surface area (Å²) in [6.07, 6.45) is 24.0. The number of anilines is 1. The van der Waals surface area contributed by atoms with Gasteiger partial charge in [0.15, 0.2) is 0 Å². The van der Waals surface area contributed by atoms with Crippen LogP contribution in [0.3, 0.4) is 0 Å². The summed E-state index contributed by atoms with van der Waals surface area (Å²) in [5.74, 6) is 0. The van der Waals surface area contributed by atoms with Gasteiger partial charge in [0.05, 0.1) is 0 Å². The van der Waals surface area contributed by atoms with Crippen LogP contribution in [0.25, 0.3) is 23.4 Å². The van der Waals surface area contributed by atoms with Crippen LogP contribution in [0.5, 0.6) is 0 Å². The molecule has 0 radical (unpaired) electrons. The first-order valence-corrected chi connectivity index (χ1v) is 16.2. The molecule has 0 aromatic heterocycles. The zero-order chi connectivity index (χ0) is 31.9. The second-order valence-corrected chi connectivity index (χ2v) is 13.1. The molecule has 3 aromatic carbocycles. The minimum absolute atomic E-state index is 0.139. The van der Waals surface area contributed by atoms with Crippen LogP contribution >= 0.6 is 0 Å². The van der Waals surface area contributed by atoms with Gasteiger partial charge in [0.25, 0.3) is 0 Å². The molecule has 4 rings (SSSR count). The average Bonchev–Trinajstić information content (AvgIpc) is 3.21. The predicted octanol–water partition coefficient (Wildman–Crippen LogP) is 10.3. The van der Waals surface area contributed by atoms with E-state index in [4.69, 9.17) is 0 Å². The maximum atomic E-state index is 4.48. The molecule has 1 aliphatic heterocycles. The summed E-state index contributed by atoms with van der Waals surface area (Å²) in [6, 6.07) is 17.5. The van der Waals surface area contributed by atoms with Crippen molar-refractivity contribution in [1.29, 1.82) is 0 Å². The number of nitrogens with zero attached hydrogens (tertiary/aromatic N) is 1. The Kier molecular flexibility index (Phi) is 10.5. The Morgan fingerprint density at radius 3 is 2.36 bits per heavy atom. The Bertz CT molecular complexity index is 1750.